The second-order valence-corrected chi connectivity index (χ2v) is 5.23. The summed E-state index contributed by atoms with van der Waals surface area (Å²) in [5.41, 5.74) is 0.578. The average Bonchev–Trinajstić information content (AvgIpc) is 2.16. The van der Waals surface area contributed by atoms with Crippen LogP contribution in [-0.4, -0.2) is 28.6 Å². The molecule has 0 heterocycles. The number of likely N-dealkylation sites (N-methyl/N-ethyl adjacent to an activating group) is 1. The minimum Gasteiger partial charge on any atom is -0.318 e. The van der Waals surface area contributed by atoms with Crippen LogP contribution in [0.15, 0.2) is 23.1 Å². The van der Waals surface area contributed by atoms with Gasteiger partial charge in [0, 0.05) is 13.1 Å². The number of aryl methyl sites for hydroxylation is 1. The van der Waals surface area contributed by atoms with Gasteiger partial charge in [-0.15, -0.1) is 0 Å². The Balaban J connectivity index is 2.89. The number of nitrogens with one attached hydrogen (secondary N) is 2. The van der Waals surface area contributed by atoms with Crippen molar-refractivity contribution in [2.75, 3.05) is 20.1 Å². The zero-order valence-electron chi connectivity index (χ0n) is 9.25. The lowest BCUT2D eigenvalue weighted by Crippen LogP contribution is -2.30. The van der Waals surface area contributed by atoms with Crippen molar-refractivity contribution < 1.29 is 12.8 Å². The lowest BCUT2D eigenvalue weighted by Gasteiger charge is -2.07. The molecule has 0 bridgehead atoms. The van der Waals surface area contributed by atoms with Gasteiger partial charge in [-0.1, -0.05) is 0 Å². The number of rotatable bonds is 5. The molecule has 0 aromatic heterocycles. The molecule has 0 spiro atoms. The Hall–Kier alpha value is -0.980. The molecule has 1 aromatic carbocycles. The molecule has 1 rings (SSSR count). The Bertz CT molecular complexity index is 440. The van der Waals surface area contributed by atoms with E-state index in [2.05, 4.69) is 10.0 Å². The molecule has 2 N–H and O–H groups in total. The van der Waals surface area contributed by atoms with Gasteiger partial charge >= 0.3 is 0 Å². The molecule has 0 radical (unpaired) electrons. The first-order valence-corrected chi connectivity index (χ1v) is 6.35. The van der Waals surface area contributed by atoms with E-state index >= 15 is 0 Å². The van der Waals surface area contributed by atoms with Gasteiger partial charge in [0.25, 0.3) is 0 Å². The highest BCUT2D eigenvalue weighted by Crippen LogP contribution is 2.13. The lowest BCUT2D eigenvalue weighted by molar-refractivity contribution is 0.575. The second kappa shape index (κ2) is 5.38. The van der Waals surface area contributed by atoms with E-state index in [0.717, 1.165) is 6.07 Å². The van der Waals surface area contributed by atoms with E-state index in [4.69, 9.17) is 0 Å². The third-order valence-corrected chi connectivity index (χ3v) is 3.43. The number of hydrogen-bond acceptors (Lipinski definition) is 3. The predicted octanol–water partition coefficient (Wildman–Crippen LogP) is 0.632. The van der Waals surface area contributed by atoms with Crippen molar-refractivity contribution in [2.45, 2.75) is 11.8 Å². The van der Waals surface area contributed by atoms with Crippen molar-refractivity contribution in [1.29, 1.82) is 0 Å². The topological polar surface area (TPSA) is 58.2 Å². The molecular weight excluding hydrogens is 231 g/mol. The van der Waals surface area contributed by atoms with Crippen LogP contribution in [0.1, 0.15) is 5.56 Å². The number of sulfonamides is 1. The molecule has 0 saturated heterocycles. The van der Waals surface area contributed by atoms with Gasteiger partial charge in [0.1, 0.15) is 5.82 Å². The maximum Gasteiger partial charge on any atom is 0.240 e. The van der Waals surface area contributed by atoms with Crippen LogP contribution in [0.3, 0.4) is 0 Å². The van der Waals surface area contributed by atoms with E-state index < -0.39 is 15.8 Å². The van der Waals surface area contributed by atoms with E-state index in [0.29, 0.717) is 12.1 Å². The minimum atomic E-state index is -3.61. The molecule has 6 heteroatoms. The van der Waals surface area contributed by atoms with Crippen molar-refractivity contribution in [2.24, 2.45) is 0 Å². The average molecular weight is 246 g/mol. The molecule has 4 nitrogen and oxygen atoms in total. The van der Waals surface area contributed by atoms with Crippen LogP contribution < -0.4 is 10.0 Å². The van der Waals surface area contributed by atoms with Gasteiger partial charge in [0.15, 0.2) is 0 Å². The molecule has 1 aromatic rings. The fourth-order valence-corrected chi connectivity index (χ4v) is 2.40. The van der Waals surface area contributed by atoms with Crippen LogP contribution in [0, 0.1) is 12.7 Å². The summed E-state index contributed by atoms with van der Waals surface area (Å²) in [5.74, 6) is -0.547. The Kier molecular flexibility index (Phi) is 4.40. The van der Waals surface area contributed by atoms with Gasteiger partial charge in [-0.25, -0.2) is 17.5 Å². The van der Waals surface area contributed by atoms with Crippen molar-refractivity contribution in [3.05, 3.63) is 29.6 Å². The third-order valence-electron chi connectivity index (χ3n) is 1.99. The standard InChI is InChI=1S/C10H15FN2O2S/c1-8-5-9(11)7-10(6-8)16(14,15)13-4-3-12-2/h5-7,12-13H,3-4H2,1-2H3. The van der Waals surface area contributed by atoms with Crippen molar-refractivity contribution in [3.8, 4) is 0 Å². The Morgan fingerprint density at radius 2 is 1.94 bits per heavy atom. The van der Waals surface area contributed by atoms with Crippen LogP contribution in [-0.2, 0) is 10.0 Å². The monoisotopic (exact) mass is 246 g/mol. The van der Waals surface area contributed by atoms with E-state index in [-0.39, 0.29) is 11.4 Å². The SMILES string of the molecule is CNCCNS(=O)(=O)c1cc(C)cc(F)c1. The third kappa shape index (κ3) is 3.55. The summed E-state index contributed by atoms with van der Waals surface area (Å²) in [7, 11) is -1.88. The fourth-order valence-electron chi connectivity index (χ4n) is 1.25. The first kappa shape index (κ1) is 13.1. The van der Waals surface area contributed by atoms with E-state index in [1.165, 1.54) is 12.1 Å². The van der Waals surface area contributed by atoms with Crippen molar-refractivity contribution in [3.63, 3.8) is 0 Å². The Morgan fingerprint density at radius 3 is 2.50 bits per heavy atom. The molecule has 0 aliphatic rings. The van der Waals surface area contributed by atoms with Gasteiger partial charge in [-0.05, 0) is 37.7 Å². The van der Waals surface area contributed by atoms with Crippen LogP contribution >= 0.6 is 0 Å². The molecule has 16 heavy (non-hydrogen) atoms. The van der Waals surface area contributed by atoms with Gasteiger partial charge in [0.2, 0.25) is 10.0 Å². The van der Waals surface area contributed by atoms with Crippen molar-refractivity contribution >= 4 is 10.0 Å². The second-order valence-electron chi connectivity index (χ2n) is 3.47. The van der Waals surface area contributed by atoms with Gasteiger partial charge in [-0.2, -0.15) is 0 Å². The van der Waals surface area contributed by atoms with Gasteiger partial charge in [0.05, 0.1) is 4.90 Å². The van der Waals surface area contributed by atoms with E-state index in [9.17, 15) is 12.8 Å². The van der Waals surface area contributed by atoms with E-state index in [1.807, 2.05) is 0 Å². The van der Waals surface area contributed by atoms with Crippen LogP contribution in [0.4, 0.5) is 4.39 Å². The molecular formula is C10H15FN2O2S. The molecule has 0 fully saturated rings. The lowest BCUT2D eigenvalue weighted by atomic mass is 10.2. The first-order valence-electron chi connectivity index (χ1n) is 4.87. The molecule has 0 saturated carbocycles. The molecule has 0 aliphatic heterocycles. The molecule has 0 aliphatic carbocycles. The summed E-state index contributed by atoms with van der Waals surface area (Å²) in [6, 6.07) is 3.73. The summed E-state index contributed by atoms with van der Waals surface area (Å²) < 4.78 is 38.8. The Morgan fingerprint density at radius 1 is 1.25 bits per heavy atom. The maximum absolute atomic E-state index is 13.0. The normalized spacial score (nSPS) is 11.7. The largest absolute Gasteiger partial charge is 0.318 e. The van der Waals surface area contributed by atoms with Crippen molar-refractivity contribution in [1.82, 2.24) is 10.0 Å². The summed E-state index contributed by atoms with van der Waals surface area (Å²) in [6.07, 6.45) is 0. The predicted molar refractivity (Wildman–Crippen MR) is 60.3 cm³/mol. The summed E-state index contributed by atoms with van der Waals surface area (Å²) in [5, 5.41) is 2.81. The van der Waals surface area contributed by atoms with E-state index in [1.54, 1.807) is 14.0 Å². The molecule has 0 unspecified atom stereocenters. The quantitative estimate of drug-likeness (QED) is 0.749. The number of halogens is 1. The summed E-state index contributed by atoms with van der Waals surface area (Å²) >= 11 is 0. The fraction of sp³-hybridized carbons (Fsp3) is 0.400. The maximum atomic E-state index is 13.0. The zero-order chi connectivity index (χ0) is 12.2. The van der Waals surface area contributed by atoms with Crippen LogP contribution in [0.2, 0.25) is 0 Å². The number of hydrogen-bond donors (Lipinski definition) is 2. The first-order chi connectivity index (χ1) is 7.45. The zero-order valence-corrected chi connectivity index (χ0v) is 10.1. The van der Waals surface area contributed by atoms with Crippen LogP contribution in [0.5, 0.6) is 0 Å². The summed E-state index contributed by atoms with van der Waals surface area (Å²) in [6.45, 7) is 2.44. The number of benzene rings is 1. The smallest absolute Gasteiger partial charge is 0.240 e. The Labute approximate surface area is 94.9 Å². The summed E-state index contributed by atoms with van der Waals surface area (Å²) in [4.78, 5) is -0.0406. The molecule has 0 amide bonds. The van der Waals surface area contributed by atoms with Gasteiger partial charge < -0.3 is 5.32 Å². The highest BCUT2D eigenvalue weighted by molar-refractivity contribution is 7.89. The van der Waals surface area contributed by atoms with Gasteiger partial charge in [-0.3, -0.25) is 0 Å². The highest BCUT2D eigenvalue weighted by Gasteiger charge is 2.14. The van der Waals surface area contributed by atoms with Crippen LogP contribution in [0.25, 0.3) is 0 Å². The molecule has 0 atom stereocenters. The molecule has 90 valence electrons. The highest BCUT2D eigenvalue weighted by atomic mass is 32.2. The minimum absolute atomic E-state index is 0.0406.